The normalized spacial score (nSPS) is 13.3. The lowest BCUT2D eigenvalue weighted by Gasteiger charge is -2.06. The van der Waals surface area contributed by atoms with Crippen LogP contribution in [-0.4, -0.2) is 16.5 Å². The van der Waals surface area contributed by atoms with Crippen LogP contribution >= 0.6 is 11.6 Å². The summed E-state index contributed by atoms with van der Waals surface area (Å²) in [5, 5.41) is 3.14. The van der Waals surface area contributed by atoms with Crippen LogP contribution in [0.4, 0.5) is 10.5 Å². The van der Waals surface area contributed by atoms with Gasteiger partial charge in [0.1, 0.15) is 0 Å². The number of carbonyl (C=O) groups excluding carboxylic acids is 1. The second-order valence-corrected chi connectivity index (χ2v) is 7.34. The van der Waals surface area contributed by atoms with Gasteiger partial charge in [0.15, 0.2) is 0 Å². The number of aryl methyl sites for hydroxylation is 1. The Morgan fingerprint density at radius 1 is 1.10 bits per heavy atom. The van der Waals surface area contributed by atoms with E-state index in [0.717, 1.165) is 5.56 Å². The zero-order valence-corrected chi connectivity index (χ0v) is 13.2. The van der Waals surface area contributed by atoms with E-state index < -0.39 is 15.8 Å². The summed E-state index contributed by atoms with van der Waals surface area (Å²) in [4.78, 5) is 12.4. The summed E-state index contributed by atoms with van der Waals surface area (Å²) in [7, 11) is -2.77. The average molecular weight is 323 g/mol. The second-order valence-electron chi connectivity index (χ2n) is 4.64. The van der Waals surface area contributed by atoms with Crippen LogP contribution in [0.15, 0.2) is 57.8 Å². The number of amides is 2. The summed E-state index contributed by atoms with van der Waals surface area (Å²) < 4.78 is 16.3. The molecule has 0 heterocycles. The van der Waals surface area contributed by atoms with Gasteiger partial charge in [0, 0.05) is 21.9 Å². The van der Waals surface area contributed by atoms with Gasteiger partial charge in [-0.25, -0.2) is 9.00 Å². The van der Waals surface area contributed by atoms with Crippen molar-refractivity contribution in [3.05, 3.63) is 59.1 Å². The van der Waals surface area contributed by atoms with Gasteiger partial charge in [0.2, 0.25) is 0 Å². The first kappa shape index (κ1) is 15.5. The smallest absolute Gasteiger partial charge is 0.306 e. The molecule has 2 aromatic carbocycles. The molecule has 0 aliphatic carbocycles. The summed E-state index contributed by atoms with van der Waals surface area (Å²) >= 11 is 5.77. The Morgan fingerprint density at radius 3 is 2.24 bits per heavy atom. The van der Waals surface area contributed by atoms with Crippen molar-refractivity contribution in [1.82, 2.24) is 0 Å². The zero-order valence-electron chi connectivity index (χ0n) is 11.7. The molecule has 1 N–H and O–H groups in total. The molecule has 0 aromatic heterocycles. The van der Waals surface area contributed by atoms with Crippen molar-refractivity contribution >= 4 is 33.0 Å². The Bertz CT molecular complexity index is 761. The van der Waals surface area contributed by atoms with Crippen LogP contribution in [-0.2, 0) is 9.73 Å². The summed E-state index contributed by atoms with van der Waals surface area (Å²) in [6.07, 6.45) is 1.44. The molecule has 0 aliphatic heterocycles. The number of hydrogen-bond donors (Lipinski definition) is 1. The highest BCUT2D eigenvalue weighted by Gasteiger charge is 2.09. The van der Waals surface area contributed by atoms with Gasteiger partial charge in [-0.2, -0.15) is 0 Å². The van der Waals surface area contributed by atoms with Gasteiger partial charge >= 0.3 is 6.03 Å². The van der Waals surface area contributed by atoms with Crippen LogP contribution < -0.4 is 5.32 Å². The first-order valence-electron chi connectivity index (χ1n) is 6.22. The highest BCUT2D eigenvalue weighted by molar-refractivity contribution is 7.93. The molecule has 0 bridgehead atoms. The van der Waals surface area contributed by atoms with Crippen molar-refractivity contribution in [3.63, 3.8) is 0 Å². The van der Waals surface area contributed by atoms with Crippen LogP contribution in [0.5, 0.6) is 0 Å². The van der Waals surface area contributed by atoms with E-state index in [0.29, 0.717) is 15.6 Å². The number of nitrogens with zero attached hydrogens (tertiary/aromatic N) is 1. The second kappa shape index (κ2) is 6.28. The maximum atomic E-state index is 12.5. The molecule has 2 rings (SSSR count). The lowest BCUT2D eigenvalue weighted by molar-refractivity contribution is 0.260. The highest BCUT2D eigenvalue weighted by Crippen LogP contribution is 2.15. The van der Waals surface area contributed by atoms with Gasteiger partial charge in [0.25, 0.3) is 0 Å². The van der Waals surface area contributed by atoms with Crippen molar-refractivity contribution < 1.29 is 9.00 Å². The SMILES string of the molecule is Cc1ccc([S@](C)(=O)=NC(=O)Nc2ccc(Cl)cc2)cc1. The Hall–Kier alpha value is -1.85. The summed E-state index contributed by atoms with van der Waals surface area (Å²) in [5.74, 6) is 0. The summed E-state index contributed by atoms with van der Waals surface area (Å²) in [5.41, 5.74) is 1.60. The minimum absolute atomic E-state index is 0.527. The van der Waals surface area contributed by atoms with Crippen LogP contribution in [0.1, 0.15) is 5.56 Å². The third kappa shape index (κ3) is 4.31. The fourth-order valence-corrected chi connectivity index (χ4v) is 2.92. The lowest BCUT2D eigenvalue weighted by atomic mass is 10.2. The number of anilines is 1. The number of benzene rings is 2. The van der Waals surface area contributed by atoms with Crippen LogP contribution in [0.2, 0.25) is 5.02 Å². The fraction of sp³-hybridized carbons (Fsp3) is 0.133. The maximum Gasteiger partial charge on any atom is 0.353 e. The van der Waals surface area contributed by atoms with Crippen molar-refractivity contribution in [2.24, 2.45) is 4.36 Å². The maximum absolute atomic E-state index is 12.5. The Kier molecular flexibility index (Phi) is 4.65. The molecule has 2 amide bonds. The molecule has 4 nitrogen and oxygen atoms in total. The average Bonchev–Trinajstić information content (AvgIpc) is 2.41. The molecule has 6 heteroatoms. The quantitative estimate of drug-likeness (QED) is 0.894. The van der Waals surface area contributed by atoms with E-state index in [1.165, 1.54) is 6.26 Å². The third-order valence-electron chi connectivity index (χ3n) is 2.81. The number of carbonyl (C=O) groups is 1. The molecule has 110 valence electrons. The number of hydrogen-bond acceptors (Lipinski definition) is 2. The van der Waals surface area contributed by atoms with Crippen molar-refractivity contribution in [2.75, 3.05) is 11.6 Å². The lowest BCUT2D eigenvalue weighted by Crippen LogP contribution is -2.10. The van der Waals surface area contributed by atoms with Crippen LogP contribution in [0.25, 0.3) is 0 Å². The van der Waals surface area contributed by atoms with E-state index >= 15 is 0 Å². The molecule has 2 aromatic rings. The largest absolute Gasteiger partial charge is 0.353 e. The van der Waals surface area contributed by atoms with Crippen molar-refractivity contribution in [3.8, 4) is 0 Å². The molecular weight excluding hydrogens is 308 g/mol. The minimum atomic E-state index is -2.77. The van der Waals surface area contributed by atoms with E-state index in [1.54, 1.807) is 36.4 Å². The monoisotopic (exact) mass is 322 g/mol. The van der Waals surface area contributed by atoms with Gasteiger partial charge in [-0.3, -0.25) is 0 Å². The molecule has 1 atom stereocenters. The topological polar surface area (TPSA) is 58.5 Å². The van der Waals surface area contributed by atoms with Gasteiger partial charge < -0.3 is 5.32 Å². The summed E-state index contributed by atoms with van der Waals surface area (Å²) in [6, 6.07) is 13.1. The first-order valence-corrected chi connectivity index (χ1v) is 8.52. The molecule has 0 saturated carbocycles. The molecule has 21 heavy (non-hydrogen) atoms. The first-order chi connectivity index (χ1) is 9.87. The van der Waals surface area contributed by atoms with Crippen LogP contribution in [0, 0.1) is 6.92 Å². The van der Waals surface area contributed by atoms with E-state index in [-0.39, 0.29) is 0 Å². The predicted octanol–water partition coefficient (Wildman–Crippen LogP) is 4.34. The van der Waals surface area contributed by atoms with Gasteiger partial charge in [-0.15, -0.1) is 4.36 Å². The van der Waals surface area contributed by atoms with E-state index in [2.05, 4.69) is 9.68 Å². The van der Waals surface area contributed by atoms with E-state index in [1.807, 2.05) is 19.1 Å². The number of rotatable bonds is 2. The van der Waals surface area contributed by atoms with Crippen LogP contribution in [0.3, 0.4) is 0 Å². The van der Waals surface area contributed by atoms with Crippen molar-refractivity contribution in [2.45, 2.75) is 11.8 Å². The molecule has 0 fully saturated rings. The zero-order chi connectivity index (χ0) is 15.5. The molecule has 0 radical (unpaired) electrons. The van der Waals surface area contributed by atoms with E-state index in [4.69, 9.17) is 11.6 Å². The number of nitrogens with one attached hydrogen (secondary N) is 1. The molecule has 0 spiro atoms. The predicted molar refractivity (Wildman–Crippen MR) is 86.4 cm³/mol. The standard InChI is InChI=1S/C15H15ClN2O2S/c1-11-3-9-14(10-4-11)21(2,20)18-15(19)17-13-7-5-12(16)6-8-13/h3-10H,1-2H3,(H,17,19)/t21-/m0/s1. The number of urea groups is 1. The minimum Gasteiger partial charge on any atom is -0.306 e. The molecular formula is C15H15ClN2O2S. The molecule has 0 saturated heterocycles. The summed E-state index contributed by atoms with van der Waals surface area (Å²) in [6.45, 7) is 1.94. The highest BCUT2D eigenvalue weighted by atomic mass is 35.5. The fourth-order valence-electron chi connectivity index (χ4n) is 1.68. The molecule has 0 aliphatic rings. The molecule has 0 unspecified atom stereocenters. The van der Waals surface area contributed by atoms with Gasteiger partial charge in [-0.1, -0.05) is 29.3 Å². The third-order valence-corrected chi connectivity index (χ3v) is 4.72. The van der Waals surface area contributed by atoms with Gasteiger partial charge in [-0.05, 0) is 43.3 Å². The Balaban J connectivity index is 2.21. The Labute approximate surface area is 129 Å². The van der Waals surface area contributed by atoms with Gasteiger partial charge in [0.05, 0.1) is 9.73 Å². The van der Waals surface area contributed by atoms with Crippen molar-refractivity contribution in [1.29, 1.82) is 0 Å². The number of halogens is 1. The Morgan fingerprint density at radius 2 is 1.67 bits per heavy atom. The van der Waals surface area contributed by atoms with E-state index in [9.17, 15) is 9.00 Å².